The van der Waals surface area contributed by atoms with E-state index in [4.69, 9.17) is 6.42 Å². The maximum atomic E-state index is 5.18. The molecule has 1 aromatic rings. The van der Waals surface area contributed by atoms with Gasteiger partial charge in [-0.05, 0) is 18.8 Å². The third-order valence-electron chi connectivity index (χ3n) is 1.64. The third-order valence-corrected chi connectivity index (χ3v) is 2.43. The van der Waals surface area contributed by atoms with Crippen molar-refractivity contribution in [3.8, 4) is 12.3 Å². The van der Waals surface area contributed by atoms with Crippen LogP contribution in [0.15, 0.2) is 5.38 Å². The highest BCUT2D eigenvalue weighted by Crippen LogP contribution is 2.39. The summed E-state index contributed by atoms with van der Waals surface area (Å²) in [5, 5.41) is 2.90. The Labute approximate surface area is 64.1 Å². The van der Waals surface area contributed by atoms with Crippen LogP contribution in [0.1, 0.15) is 29.5 Å². The molecule has 1 aliphatic carbocycles. The van der Waals surface area contributed by atoms with E-state index in [1.54, 1.807) is 11.3 Å². The molecule has 0 amide bonds. The summed E-state index contributed by atoms with van der Waals surface area (Å²) in [6.45, 7) is 0. The average molecular weight is 149 g/mol. The van der Waals surface area contributed by atoms with Gasteiger partial charge in [-0.25, -0.2) is 4.98 Å². The first-order valence-electron chi connectivity index (χ1n) is 3.32. The number of aromatic nitrogens is 1. The predicted molar refractivity (Wildman–Crippen MR) is 42.0 cm³/mol. The second-order valence-electron chi connectivity index (χ2n) is 2.50. The van der Waals surface area contributed by atoms with Gasteiger partial charge in [-0.3, -0.25) is 0 Å². The first-order valence-corrected chi connectivity index (χ1v) is 4.20. The number of terminal acetylenes is 1. The Morgan fingerprint density at radius 3 is 3.00 bits per heavy atom. The summed E-state index contributed by atoms with van der Waals surface area (Å²) in [6.07, 6.45) is 7.78. The monoisotopic (exact) mass is 149 g/mol. The minimum Gasteiger partial charge on any atom is -0.232 e. The Hall–Kier alpha value is -0.810. The van der Waals surface area contributed by atoms with Crippen molar-refractivity contribution >= 4 is 11.3 Å². The fourth-order valence-electron chi connectivity index (χ4n) is 0.919. The van der Waals surface area contributed by atoms with Crippen LogP contribution in [0.5, 0.6) is 0 Å². The standard InChI is InChI=1S/C8H7NS/c1-2-8-9-7(5-10-8)6-3-4-6/h1,5-6H,3-4H2. The zero-order valence-corrected chi connectivity index (χ0v) is 6.32. The van der Waals surface area contributed by atoms with Gasteiger partial charge in [0.25, 0.3) is 0 Å². The van der Waals surface area contributed by atoms with Crippen molar-refractivity contribution < 1.29 is 0 Å². The minimum atomic E-state index is 0.735. The third kappa shape index (κ3) is 0.932. The summed E-state index contributed by atoms with van der Waals surface area (Å²) in [7, 11) is 0. The summed E-state index contributed by atoms with van der Waals surface area (Å²) in [6, 6.07) is 0. The lowest BCUT2D eigenvalue weighted by molar-refractivity contribution is 1.05. The second kappa shape index (κ2) is 2.10. The molecule has 50 valence electrons. The highest BCUT2D eigenvalue weighted by atomic mass is 32.1. The number of hydrogen-bond donors (Lipinski definition) is 0. The SMILES string of the molecule is C#Cc1nc(C2CC2)cs1. The van der Waals surface area contributed by atoms with Gasteiger partial charge >= 0.3 is 0 Å². The molecule has 1 nitrogen and oxygen atoms in total. The van der Waals surface area contributed by atoms with Gasteiger partial charge in [-0.1, -0.05) is 0 Å². The van der Waals surface area contributed by atoms with Crippen LogP contribution in [0.2, 0.25) is 0 Å². The molecule has 2 heteroatoms. The summed E-state index contributed by atoms with van der Waals surface area (Å²) < 4.78 is 0. The summed E-state index contributed by atoms with van der Waals surface area (Å²) in [5.74, 6) is 3.27. The average Bonchev–Trinajstić information content (AvgIpc) is 2.70. The van der Waals surface area contributed by atoms with Crippen LogP contribution in [0.3, 0.4) is 0 Å². The van der Waals surface area contributed by atoms with Crippen molar-refractivity contribution in [1.82, 2.24) is 4.98 Å². The lowest BCUT2D eigenvalue weighted by Crippen LogP contribution is -1.77. The van der Waals surface area contributed by atoms with E-state index in [-0.39, 0.29) is 0 Å². The maximum absolute atomic E-state index is 5.18. The van der Waals surface area contributed by atoms with E-state index in [1.807, 2.05) is 0 Å². The van der Waals surface area contributed by atoms with E-state index in [0.717, 1.165) is 10.9 Å². The van der Waals surface area contributed by atoms with Crippen LogP contribution in [-0.4, -0.2) is 4.98 Å². The van der Waals surface area contributed by atoms with Crippen molar-refractivity contribution in [3.63, 3.8) is 0 Å². The molecular formula is C8H7NS. The lowest BCUT2D eigenvalue weighted by atomic mass is 10.3. The van der Waals surface area contributed by atoms with Crippen molar-refractivity contribution in [2.45, 2.75) is 18.8 Å². The summed E-state index contributed by atoms with van der Waals surface area (Å²) in [5.41, 5.74) is 1.21. The highest BCUT2D eigenvalue weighted by Gasteiger charge is 2.25. The van der Waals surface area contributed by atoms with Gasteiger partial charge in [-0.15, -0.1) is 17.8 Å². The number of thiazole rings is 1. The molecule has 0 N–H and O–H groups in total. The van der Waals surface area contributed by atoms with E-state index < -0.39 is 0 Å². The molecule has 0 spiro atoms. The van der Waals surface area contributed by atoms with Crippen molar-refractivity contribution in [2.75, 3.05) is 0 Å². The Morgan fingerprint density at radius 2 is 2.50 bits per heavy atom. The molecular weight excluding hydrogens is 142 g/mol. The first kappa shape index (κ1) is 5.94. The summed E-state index contributed by atoms with van der Waals surface area (Å²) in [4.78, 5) is 4.27. The lowest BCUT2D eigenvalue weighted by Gasteiger charge is -1.82. The van der Waals surface area contributed by atoms with Crippen molar-refractivity contribution in [2.24, 2.45) is 0 Å². The molecule has 0 aliphatic heterocycles. The largest absolute Gasteiger partial charge is 0.232 e. The Kier molecular flexibility index (Phi) is 1.25. The van der Waals surface area contributed by atoms with Gasteiger partial charge in [0, 0.05) is 11.3 Å². The summed E-state index contributed by atoms with van der Waals surface area (Å²) >= 11 is 1.57. The van der Waals surface area contributed by atoms with Crippen molar-refractivity contribution in [1.29, 1.82) is 0 Å². The zero-order chi connectivity index (χ0) is 6.97. The molecule has 0 atom stereocenters. The molecule has 1 aliphatic rings. The molecule has 2 rings (SSSR count). The molecule has 0 saturated heterocycles. The van der Waals surface area contributed by atoms with Crippen LogP contribution in [0.4, 0.5) is 0 Å². The quantitative estimate of drug-likeness (QED) is 0.556. The predicted octanol–water partition coefficient (Wildman–Crippen LogP) is 2.00. The van der Waals surface area contributed by atoms with Crippen LogP contribution >= 0.6 is 11.3 Å². The Balaban J connectivity index is 2.29. The van der Waals surface area contributed by atoms with Gasteiger partial charge in [0.15, 0.2) is 5.01 Å². The first-order chi connectivity index (χ1) is 4.90. The van der Waals surface area contributed by atoms with Crippen LogP contribution in [0, 0.1) is 12.3 Å². The molecule has 1 fully saturated rings. The van der Waals surface area contributed by atoms with Crippen LogP contribution in [-0.2, 0) is 0 Å². The highest BCUT2D eigenvalue weighted by molar-refractivity contribution is 7.10. The zero-order valence-electron chi connectivity index (χ0n) is 5.50. The van der Waals surface area contributed by atoms with E-state index >= 15 is 0 Å². The van der Waals surface area contributed by atoms with E-state index in [0.29, 0.717) is 0 Å². The van der Waals surface area contributed by atoms with Gasteiger partial charge in [-0.2, -0.15) is 0 Å². The van der Waals surface area contributed by atoms with E-state index in [9.17, 15) is 0 Å². The molecule has 0 aromatic carbocycles. The molecule has 1 aromatic heterocycles. The minimum absolute atomic E-state index is 0.735. The fourth-order valence-corrected chi connectivity index (χ4v) is 1.62. The second-order valence-corrected chi connectivity index (χ2v) is 3.35. The van der Waals surface area contributed by atoms with Gasteiger partial charge in [0.1, 0.15) is 0 Å². The van der Waals surface area contributed by atoms with E-state index in [2.05, 4.69) is 16.3 Å². The molecule has 0 bridgehead atoms. The topological polar surface area (TPSA) is 12.9 Å². The van der Waals surface area contributed by atoms with Crippen LogP contribution in [0.25, 0.3) is 0 Å². The number of nitrogens with zero attached hydrogens (tertiary/aromatic N) is 1. The van der Waals surface area contributed by atoms with Crippen molar-refractivity contribution in [3.05, 3.63) is 16.1 Å². The Morgan fingerprint density at radius 1 is 1.70 bits per heavy atom. The van der Waals surface area contributed by atoms with Gasteiger partial charge < -0.3 is 0 Å². The molecule has 1 saturated carbocycles. The number of hydrogen-bond acceptors (Lipinski definition) is 2. The van der Waals surface area contributed by atoms with E-state index in [1.165, 1.54) is 18.5 Å². The Bertz CT molecular complexity index is 278. The van der Waals surface area contributed by atoms with Gasteiger partial charge in [0.2, 0.25) is 0 Å². The molecule has 0 unspecified atom stereocenters. The smallest absolute Gasteiger partial charge is 0.166 e. The molecule has 0 radical (unpaired) electrons. The fraction of sp³-hybridized carbons (Fsp3) is 0.375. The van der Waals surface area contributed by atoms with Gasteiger partial charge in [0.05, 0.1) is 5.69 Å². The number of rotatable bonds is 1. The maximum Gasteiger partial charge on any atom is 0.166 e. The normalized spacial score (nSPS) is 16.7. The molecule has 1 heterocycles. The molecule has 10 heavy (non-hydrogen) atoms. The van der Waals surface area contributed by atoms with Crippen LogP contribution < -0.4 is 0 Å².